The lowest BCUT2D eigenvalue weighted by Crippen LogP contribution is -2.35. The zero-order chi connectivity index (χ0) is 15.5. The molecule has 1 N–H and O–H groups in total. The highest BCUT2D eigenvalue weighted by Gasteiger charge is 2.16. The van der Waals surface area contributed by atoms with Crippen molar-refractivity contribution in [3.05, 3.63) is 40.2 Å². The number of nitrogens with one attached hydrogen (secondary N) is 1. The van der Waals surface area contributed by atoms with Crippen LogP contribution in [0, 0.1) is 5.82 Å². The van der Waals surface area contributed by atoms with Crippen LogP contribution in [0.1, 0.15) is 32.0 Å². The molecule has 6 heteroatoms. The first kappa shape index (κ1) is 15.9. The molecule has 0 unspecified atom stereocenters. The molecule has 2 aromatic heterocycles. The van der Waals surface area contributed by atoms with Crippen LogP contribution in [-0.4, -0.2) is 22.6 Å². The Balaban J connectivity index is 2.13. The Morgan fingerprint density at radius 1 is 1.33 bits per heavy atom. The number of hydrogen-bond acceptors (Lipinski definition) is 5. The summed E-state index contributed by atoms with van der Waals surface area (Å²) in [5.74, 6) is 0.0863. The average Bonchev–Trinajstić information content (AvgIpc) is 2.89. The van der Waals surface area contributed by atoms with Gasteiger partial charge < -0.3 is 10.2 Å². The number of halogens is 1. The standard InChI is InChI=1S/C15H21FN4S/c1-15(2,3)19-7-11-5-6-17-14(13(11)16)20(4)8-12-9-21-10-18-12/h5-6,9-10,19H,7-8H2,1-4H3. The summed E-state index contributed by atoms with van der Waals surface area (Å²) < 4.78 is 14.6. The average molecular weight is 308 g/mol. The predicted molar refractivity (Wildman–Crippen MR) is 85.0 cm³/mol. The summed E-state index contributed by atoms with van der Waals surface area (Å²) in [6.45, 7) is 7.20. The minimum absolute atomic E-state index is 0.0532. The maximum Gasteiger partial charge on any atom is 0.170 e. The predicted octanol–water partition coefficient (Wildman–Crippen LogP) is 3.20. The summed E-state index contributed by atoms with van der Waals surface area (Å²) in [6.07, 6.45) is 1.65. The summed E-state index contributed by atoms with van der Waals surface area (Å²) in [4.78, 5) is 10.2. The molecule has 0 amide bonds. The largest absolute Gasteiger partial charge is 0.351 e. The Bertz CT molecular complexity index is 578. The first-order chi connectivity index (χ1) is 9.87. The van der Waals surface area contributed by atoms with Crippen LogP contribution in [0.25, 0.3) is 0 Å². The highest BCUT2D eigenvalue weighted by Crippen LogP contribution is 2.20. The van der Waals surface area contributed by atoms with Crippen molar-refractivity contribution in [2.75, 3.05) is 11.9 Å². The van der Waals surface area contributed by atoms with Gasteiger partial charge in [-0.15, -0.1) is 11.3 Å². The van der Waals surface area contributed by atoms with E-state index >= 15 is 0 Å². The van der Waals surface area contributed by atoms with E-state index < -0.39 is 0 Å². The number of anilines is 1. The van der Waals surface area contributed by atoms with Crippen molar-refractivity contribution in [1.29, 1.82) is 0 Å². The van der Waals surface area contributed by atoms with Crippen molar-refractivity contribution in [2.45, 2.75) is 39.4 Å². The summed E-state index contributed by atoms with van der Waals surface area (Å²) in [6, 6.07) is 1.72. The van der Waals surface area contributed by atoms with Gasteiger partial charge in [0.25, 0.3) is 0 Å². The van der Waals surface area contributed by atoms with E-state index in [-0.39, 0.29) is 11.4 Å². The summed E-state index contributed by atoms with van der Waals surface area (Å²) >= 11 is 1.53. The van der Waals surface area contributed by atoms with Gasteiger partial charge >= 0.3 is 0 Å². The maximum atomic E-state index is 14.6. The minimum atomic E-state index is -0.271. The van der Waals surface area contributed by atoms with E-state index in [1.54, 1.807) is 22.7 Å². The highest BCUT2D eigenvalue weighted by atomic mass is 32.1. The second-order valence-electron chi connectivity index (χ2n) is 6.05. The van der Waals surface area contributed by atoms with Gasteiger partial charge in [-0.05, 0) is 26.8 Å². The zero-order valence-corrected chi connectivity index (χ0v) is 13.7. The molecular formula is C15H21FN4S. The summed E-state index contributed by atoms with van der Waals surface area (Å²) in [7, 11) is 1.83. The second-order valence-corrected chi connectivity index (χ2v) is 6.77. The molecule has 21 heavy (non-hydrogen) atoms. The van der Waals surface area contributed by atoms with Crippen LogP contribution in [0.15, 0.2) is 23.2 Å². The fourth-order valence-electron chi connectivity index (χ4n) is 1.87. The Kier molecular flexibility index (Phi) is 4.90. The fraction of sp³-hybridized carbons (Fsp3) is 0.467. The van der Waals surface area contributed by atoms with Crippen molar-refractivity contribution in [1.82, 2.24) is 15.3 Å². The first-order valence-electron chi connectivity index (χ1n) is 6.83. The minimum Gasteiger partial charge on any atom is -0.351 e. The Morgan fingerprint density at radius 3 is 2.71 bits per heavy atom. The van der Waals surface area contributed by atoms with Gasteiger partial charge in [0.2, 0.25) is 0 Å². The molecule has 0 bridgehead atoms. The quantitative estimate of drug-likeness (QED) is 0.921. The van der Waals surface area contributed by atoms with Crippen LogP contribution in [0.4, 0.5) is 10.2 Å². The lowest BCUT2D eigenvalue weighted by atomic mass is 10.1. The smallest absolute Gasteiger partial charge is 0.170 e. The van der Waals surface area contributed by atoms with Gasteiger partial charge in [0.1, 0.15) is 0 Å². The molecule has 0 fully saturated rings. The van der Waals surface area contributed by atoms with Gasteiger partial charge in [0.05, 0.1) is 17.7 Å². The van der Waals surface area contributed by atoms with E-state index in [2.05, 4.69) is 36.1 Å². The molecule has 0 atom stereocenters. The molecule has 0 aliphatic heterocycles. The number of hydrogen-bond donors (Lipinski definition) is 1. The van der Waals surface area contributed by atoms with Gasteiger partial charge in [-0.3, -0.25) is 0 Å². The molecular weight excluding hydrogens is 287 g/mol. The molecule has 2 heterocycles. The van der Waals surface area contributed by atoms with Gasteiger partial charge in [0, 0.05) is 36.3 Å². The van der Waals surface area contributed by atoms with E-state index in [0.29, 0.717) is 24.5 Å². The molecule has 0 radical (unpaired) electrons. The molecule has 4 nitrogen and oxygen atoms in total. The molecule has 2 aromatic rings. The number of rotatable bonds is 5. The normalized spacial score (nSPS) is 11.7. The summed E-state index contributed by atoms with van der Waals surface area (Å²) in [5.41, 5.74) is 3.26. The van der Waals surface area contributed by atoms with Crippen LogP contribution in [-0.2, 0) is 13.1 Å². The van der Waals surface area contributed by atoms with Crippen molar-refractivity contribution in [3.8, 4) is 0 Å². The molecule has 0 spiro atoms. The lowest BCUT2D eigenvalue weighted by Gasteiger charge is -2.22. The SMILES string of the molecule is CN(Cc1cscn1)c1nccc(CNC(C)(C)C)c1F. The van der Waals surface area contributed by atoms with E-state index in [0.717, 1.165) is 5.69 Å². The van der Waals surface area contributed by atoms with E-state index in [4.69, 9.17) is 0 Å². The second kappa shape index (κ2) is 6.49. The molecule has 0 aliphatic carbocycles. The summed E-state index contributed by atoms with van der Waals surface area (Å²) in [5, 5.41) is 5.25. The van der Waals surface area contributed by atoms with Crippen LogP contribution in [0.5, 0.6) is 0 Å². The third-order valence-electron chi connectivity index (χ3n) is 3.00. The molecule has 0 aliphatic rings. The van der Waals surface area contributed by atoms with Crippen LogP contribution < -0.4 is 10.2 Å². The molecule has 114 valence electrons. The Labute approximate surface area is 129 Å². The van der Waals surface area contributed by atoms with Crippen LogP contribution in [0.2, 0.25) is 0 Å². The van der Waals surface area contributed by atoms with E-state index in [1.165, 1.54) is 11.3 Å². The third kappa shape index (κ3) is 4.47. The Hall–Kier alpha value is -1.53. The topological polar surface area (TPSA) is 41.1 Å². The van der Waals surface area contributed by atoms with Crippen LogP contribution >= 0.6 is 11.3 Å². The van der Waals surface area contributed by atoms with Crippen LogP contribution in [0.3, 0.4) is 0 Å². The highest BCUT2D eigenvalue weighted by molar-refractivity contribution is 7.07. The number of thiazole rings is 1. The third-order valence-corrected chi connectivity index (χ3v) is 3.64. The molecule has 0 saturated carbocycles. The first-order valence-corrected chi connectivity index (χ1v) is 7.78. The van der Waals surface area contributed by atoms with Crippen molar-refractivity contribution < 1.29 is 4.39 Å². The van der Waals surface area contributed by atoms with E-state index in [9.17, 15) is 4.39 Å². The monoisotopic (exact) mass is 308 g/mol. The lowest BCUT2D eigenvalue weighted by molar-refractivity contribution is 0.418. The Morgan fingerprint density at radius 2 is 2.10 bits per heavy atom. The maximum absolute atomic E-state index is 14.6. The van der Waals surface area contributed by atoms with Crippen molar-refractivity contribution >= 4 is 17.2 Å². The van der Waals surface area contributed by atoms with Gasteiger partial charge in [0.15, 0.2) is 11.6 Å². The van der Waals surface area contributed by atoms with E-state index in [1.807, 2.05) is 12.4 Å². The van der Waals surface area contributed by atoms with Crippen molar-refractivity contribution in [2.24, 2.45) is 0 Å². The number of aromatic nitrogens is 2. The fourth-order valence-corrected chi connectivity index (χ4v) is 2.42. The van der Waals surface area contributed by atoms with Gasteiger partial charge in [-0.25, -0.2) is 14.4 Å². The number of nitrogens with zero attached hydrogens (tertiary/aromatic N) is 3. The number of pyridine rings is 1. The zero-order valence-electron chi connectivity index (χ0n) is 12.9. The molecule has 0 aromatic carbocycles. The van der Waals surface area contributed by atoms with Gasteiger partial charge in [-0.2, -0.15) is 0 Å². The molecule has 0 saturated heterocycles. The molecule has 2 rings (SSSR count). The van der Waals surface area contributed by atoms with Crippen molar-refractivity contribution in [3.63, 3.8) is 0 Å². The van der Waals surface area contributed by atoms with Gasteiger partial charge in [-0.1, -0.05) is 0 Å².